The fourth-order valence-electron chi connectivity index (χ4n) is 3.26. The number of fused-ring (bicyclic) bond motifs is 1. The Bertz CT molecular complexity index is 903. The molecule has 1 aliphatic rings. The van der Waals surface area contributed by atoms with Crippen LogP contribution in [-0.2, 0) is 0 Å². The number of pyridine rings is 1. The number of aliphatic hydroxyl groups is 1. The summed E-state index contributed by atoms with van der Waals surface area (Å²) in [4.78, 5) is 11.4. The molecule has 0 aromatic carbocycles. The van der Waals surface area contributed by atoms with Crippen molar-refractivity contribution in [3.05, 3.63) is 53.9 Å². The first-order valence-electron chi connectivity index (χ1n) is 10.9. The van der Waals surface area contributed by atoms with Gasteiger partial charge < -0.3 is 20.6 Å². The van der Waals surface area contributed by atoms with E-state index < -0.39 is 0 Å². The summed E-state index contributed by atoms with van der Waals surface area (Å²) in [6.07, 6.45) is 11.6. The number of anilines is 2. The minimum Gasteiger partial charge on any atom is -0.395 e. The lowest BCUT2D eigenvalue weighted by atomic mass is 9.98. The van der Waals surface area contributed by atoms with Gasteiger partial charge in [-0.15, -0.1) is 0 Å². The maximum atomic E-state index is 9.52. The van der Waals surface area contributed by atoms with E-state index in [0.717, 1.165) is 35.5 Å². The standard InChI is InChI=1S/C25H37N5O/c1-8-11-20-23-19(12-13-30(20)14-15-31)17-22(28-24(23)29-25(5,6)7)27-21(26-10-3)16-18(4)9-2/h10-13,16-17,31H,3,8-9,14-15H2,1-2,4-7H3,(H2,26,27,28,29)/b18-16+,20-11-. The summed E-state index contributed by atoms with van der Waals surface area (Å²) in [5.41, 5.74) is 4.21. The van der Waals surface area contributed by atoms with Crippen molar-refractivity contribution in [3.63, 3.8) is 0 Å². The van der Waals surface area contributed by atoms with E-state index in [2.05, 4.69) is 80.8 Å². The molecule has 6 heteroatoms. The second-order valence-corrected chi connectivity index (χ2v) is 8.59. The van der Waals surface area contributed by atoms with Gasteiger partial charge in [0.25, 0.3) is 0 Å². The molecule has 1 aromatic heterocycles. The van der Waals surface area contributed by atoms with Crippen LogP contribution in [0.2, 0.25) is 0 Å². The van der Waals surface area contributed by atoms with Crippen LogP contribution in [0.25, 0.3) is 11.8 Å². The van der Waals surface area contributed by atoms with Gasteiger partial charge in [0.1, 0.15) is 17.5 Å². The van der Waals surface area contributed by atoms with Gasteiger partial charge in [0, 0.05) is 35.7 Å². The molecule has 2 heterocycles. The van der Waals surface area contributed by atoms with E-state index in [4.69, 9.17) is 4.98 Å². The summed E-state index contributed by atoms with van der Waals surface area (Å²) in [5.74, 6) is 2.21. The van der Waals surface area contributed by atoms with Crippen molar-refractivity contribution in [1.82, 2.24) is 9.88 Å². The average Bonchev–Trinajstić information content (AvgIpc) is 2.68. The molecule has 168 valence electrons. The molecular weight excluding hydrogens is 386 g/mol. The van der Waals surface area contributed by atoms with Crippen molar-refractivity contribution in [3.8, 4) is 0 Å². The first kappa shape index (κ1) is 24.4. The highest BCUT2D eigenvalue weighted by atomic mass is 16.3. The molecule has 0 amide bonds. The molecule has 0 fully saturated rings. The second-order valence-electron chi connectivity index (χ2n) is 8.59. The fourth-order valence-corrected chi connectivity index (χ4v) is 3.26. The Labute approximate surface area is 187 Å². The topological polar surface area (TPSA) is 72.8 Å². The molecule has 0 atom stereocenters. The van der Waals surface area contributed by atoms with Crippen molar-refractivity contribution in [2.45, 2.75) is 59.9 Å². The monoisotopic (exact) mass is 423 g/mol. The predicted molar refractivity (Wildman–Crippen MR) is 134 cm³/mol. The van der Waals surface area contributed by atoms with Crippen molar-refractivity contribution in [2.24, 2.45) is 4.99 Å². The van der Waals surface area contributed by atoms with Gasteiger partial charge >= 0.3 is 0 Å². The minimum absolute atomic E-state index is 0.0837. The van der Waals surface area contributed by atoms with Crippen LogP contribution in [0.1, 0.15) is 65.5 Å². The van der Waals surface area contributed by atoms with Crippen LogP contribution in [0.3, 0.4) is 0 Å². The quantitative estimate of drug-likeness (QED) is 0.373. The Balaban J connectivity index is 2.61. The fraction of sp³-hybridized carbons (Fsp3) is 0.440. The van der Waals surface area contributed by atoms with E-state index in [-0.39, 0.29) is 12.1 Å². The number of amidine groups is 1. The molecule has 0 spiro atoms. The number of allylic oxidation sites excluding steroid dienone is 2. The molecular formula is C25H37N5O. The van der Waals surface area contributed by atoms with Gasteiger partial charge in [-0.1, -0.05) is 32.1 Å². The van der Waals surface area contributed by atoms with E-state index in [0.29, 0.717) is 18.2 Å². The first-order chi connectivity index (χ1) is 14.7. The highest BCUT2D eigenvalue weighted by Gasteiger charge is 2.24. The molecule has 3 N–H and O–H groups in total. The lowest BCUT2D eigenvalue weighted by Crippen LogP contribution is -2.30. The zero-order valence-corrected chi connectivity index (χ0v) is 19.8. The number of aromatic nitrogens is 1. The number of hydrogen-bond acceptors (Lipinski definition) is 5. The highest BCUT2D eigenvalue weighted by molar-refractivity contribution is 6.04. The molecule has 1 aliphatic heterocycles. The van der Waals surface area contributed by atoms with E-state index in [1.807, 2.05) is 18.3 Å². The van der Waals surface area contributed by atoms with Crippen molar-refractivity contribution in [2.75, 3.05) is 23.8 Å². The van der Waals surface area contributed by atoms with Crippen LogP contribution in [-0.4, -0.2) is 39.5 Å². The molecule has 0 unspecified atom stereocenters. The van der Waals surface area contributed by atoms with Crippen LogP contribution in [0.5, 0.6) is 0 Å². The molecule has 0 saturated carbocycles. The van der Waals surface area contributed by atoms with E-state index >= 15 is 0 Å². The van der Waals surface area contributed by atoms with Gasteiger partial charge in [0.05, 0.1) is 6.61 Å². The summed E-state index contributed by atoms with van der Waals surface area (Å²) < 4.78 is 0. The highest BCUT2D eigenvalue weighted by Crippen LogP contribution is 2.37. The average molecular weight is 424 g/mol. The number of hydrogen-bond donors (Lipinski definition) is 3. The lowest BCUT2D eigenvalue weighted by Gasteiger charge is -2.32. The molecule has 0 radical (unpaired) electrons. The maximum Gasteiger partial charge on any atom is 0.138 e. The van der Waals surface area contributed by atoms with Gasteiger partial charge in [-0.05, 0) is 64.3 Å². The van der Waals surface area contributed by atoms with Crippen molar-refractivity contribution < 1.29 is 5.11 Å². The number of nitrogens with zero attached hydrogens (tertiary/aromatic N) is 3. The Hall–Kier alpha value is -2.86. The molecule has 0 aliphatic carbocycles. The van der Waals surface area contributed by atoms with E-state index in [9.17, 15) is 5.11 Å². The van der Waals surface area contributed by atoms with Crippen LogP contribution in [0.15, 0.2) is 47.8 Å². The second kappa shape index (κ2) is 11.0. The molecule has 0 bridgehead atoms. The van der Waals surface area contributed by atoms with Crippen LogP contribution in [0.4, 0.5) is 11.6 Å². The molecule has 6 nitrogen and oxygen atoms in total. The van der Waals surface area contributed by atoms with E-state index in [1.54, 1.807) is 0 Å². The third kappa shape index (κ3) is 6.82. The first-order valence-corrected chi connectivity index (χ1v) is 10.9. The summed E-state index contributed by atoms with van der Waals surface area (Å²) in [7, 11) is 0. The van der Waals surface area contributed by atoms with Gasteiger partial charge in [-0.2, -0.15) is 0 Å². The Morgan fingerprint density at radius 2 is 2.06 bits per heavy atom. The van der Waals surface area contributed by atoms with E-state index in [1.165, 1.54) is 11.8 Å². The van der Waals surface area contributed by atoms with Crippen molar-refractivity contribution >= 4 is 29.2 Å². The van der Waals surface area contributed by atoms with Crippen LogP contribution >= 0.6 is 0 Å². The van der Waals surface area contributed by atoms with Gasteiger partial charge in [0.15, 0.2) is 0 Å². The predicted octanol–water partition coefficient (Wildman–Crippen LogP) is 5.63. The number of aliphatic hydroxyl groups excluding tert-OH is 1. The number of β-amino-alcohol motifs (C(OH)–C–C–N with tert-alkyl or cyclic N) is 1. The Morgan fingerprint density at radius 3 is 2.65 bits per heavy atom. The minimum atomic E-state index is -0.170. The summed E-state index contributed by atoms with van der Waals surface area (Å²) >= 11 is 0. The Kier molecular flexibility index (Phi) is 8.63. The molecule has 31 heavy (non-hydrogen) atoms. The number of rotatable bonds is 8. The van der Waals surface area contributed by atoms with Crippen LogP contribution in [0, 0.1) is 0 Å². The van der Waals surface area contributed by atoms with Gasteiger partial charge in [-0.25, -0.2) is 9.98 Å². The third-order valence-electron chi connectivity index (χ3n) is 4.71. The largest absolute Gasteiger partial charge is 0.395 e. The van der Waals surface area contributed by atoms with Crippen molar-refractivity contribution in [1.29, 1.82) is 0 Å². The van der Waals surface area contributed by atoms with Gasteiger partial charge in [0.2, 0.25) is 0 Å². The zero-order chi connectivity index (χ0) is 23.0. The third-order valence-corrected chi connectivity index (χ3v) is 4.71. The molecule has 0 saturated heterocycles. The summed E-state index contributed by atoms with van der Waals surface area (Å²) in [5, 5.41) is 16.4. The van der Waals surface area contributed by atoms with Gasteiger partial charge in [-0.3, -0.25) is 0 Å². The van der Waals surface area contributed by atoms with Crippen LogP contribution < -0.4 is 10.6 Å². The summed E-state index contributed by atoms with van der Waals surface area (Å²) in [6.45, 7) is 17.0. The molecule has 1 aromatic rings. The SMILES string of the molecule is C=CN=C(/C=C(\C)CC)Nc1cc2c(c(NC(C)(C)C)n1)/C(=C/CC)N(CCO)C=C2. The number of nitrogens with one attached hydrogen (secondary N) is 2. The maximum absolute atomic E-state index is 9.52. The lowest BCUT2D eigenvalue weighted by molar-refractivity contribution is 0.267. The zero-order valence-electron chi connectivity index (χ0n) is 19.8. The normalized spacial score (nSPS) is 15.8. The summed E-state index contributed by atoms with van der Waals surface area (Å²) in [6, 6.07) is 2.03. The Morgan fingerprint density at radius 1 is 1.32 bits per heavy atom. The molecule has 2 rings (SSSR count). The smallest absolute Gasteiger partial charge is 0.138 e. The number of aliphatic imine (C=N–C) groups is 1.